The van der Waals surface area contributed by atoms with Gasteiger partial charge in [0, 0.05) is 13.1 Å². The van der Waals surface area contributed by atoms with E-state index < -0.39 is 15.4 Å². The molecule has 1 aromatic carbocycles. The van der Waals surface area contributed by atoms with Crippen LogP contribution in [0.4, 0.5) is 0 Å². The number of sulfonamides is 1. The van der Waals surface area contributed by atoms with E-state index >= 15 is 0 Å². The Kier molecular flexibility index (Phi) is 4.15. The fraction of sp³-hybridized carbons (Fsp3) is 0.611. The highest BCUT2D eigenvalue weighted by Gasteiger charge is 2.68. The molecule has 7 heteroatoms. The van der Waals surface area contributed by atoms with E-state index in [0.29, 0.717) is 18.7 Å². The Morgan fingerprint density at radius 1 is 1.28 bits per heavy atom. The molecule has 1 aromatic rings. The number of nitrogens with zero attached hydrogens (tertiary/aromatic N) is 1. The number of carbonyl (C=O) groups excluding carboxylic acids is 1. The van der Waals surface area contributed by atoms with E-state index in [4.69, 9.17) is 9.47 Å². The summed E-state index contributed by atoms with van der Waals surface area (Å²) in [6, 6.07) is 4.83. The van der Waals surface area contributed by atoms with E-state index in [1.54, 1.807) is 25.3 Å². The van der Waals surface area contributed by atoms with Crippen LogP contribution in [0.1, 0.15) is 25.8 Å². The predicted molar refractivity (Wildman–Crippen MR) is 92.8 cm³/mol. The first-order chi connectivity index (χ1) is 11.6. The number of benzene rings is 1. The molecule has 2 atom stereocenters. The standard InChI is InChI=1S/C18H25NO5S/c1-12-8-13(6-7-14(12)23-4)25(21,22)19-9-15-17(2,3)10-18(15,11-19)16(20)24-5/h6-8,15H,9-11H2,1-5H3/t15-,18+/m1/s1. The molecule has 1 heterocycles. The molecule has 0 unspecified atom stereocenters. The highest BCUT2D eigenvalue weighted by molar-refractivity contribution is 7.89. The average molecular weight is 367 g/mol. The molecule has 1 aliphatic heterocycles. The van der Waals surface area contributed by atoms with Gasteiger partial charge in [0.05, 0.1) is 24.5 Å². The predicted octanol–water partition coefficient (Wildman–Crippen LogP) is 2.21. The third kappa shape index (κ3) is 2.56. The van der Waals surface area contributed by atoms with Gasteiger partial charge in [0.1, 0.15) is 5.75 Å². The minimum atomic E-state index is -3.67. The molecule has 2 fully saturated rings. The Balaban J connectivity index is 1.95. The fourth-order valence-corrected chi connectivity index (χ4v) is 6.28. The molecule has 0 spiro atoms. The highest BCUT2D eigenvalue weighted by Crippen LogP contribution is 2.63. The van der Waals surface area contributed by atoms with Crippen LogP contribution in [-0.4, -0.2) is 46.0 Å². The summed E-state index contributed by atoms with van der Waals surface area (Å²) in [6.45, 7) is 6.49. The van der Waals surface area contributed by atoms with Crippen LogP contribution in [-0.2, 0) is 19.6 Å². The summed E-state index contributed by atoms with van der Waals surface area (Å²) in [5, 5.41) is 0. The zero-order valence-electron chi connectivity index (χ0n) is 15.3. The van der Waals surface area contributed by atoms with Crippen LogP contribution in [0.5, 0.6) is 5.75 Å². The third-order valence-electron chi connectivity index (χ3n) is 5.82. The Hall–Kier alpha value is -1.60. The first kappa shape index (κ1) is 18.2. The molecule has 138 valence electrons. The second-order valence-electron chi connectivity index (χ2n) is 7.79. The Bertz CT molecular complexity index is 817. The molecular weight excluding hydrogens is 342 g/mol. The summed E-state index contributed by atoms with van der Waals surface area (Å²) in [4.78, 5) is 12.6. The van der Waals surface area contributed by atoms with Gasteiger partial charge in [0.15, 0.2) is 0 Å². The highest BCUT2D eigenvalue weighted by atomic mass is 32.2. The van der Waals surface area contributed by atoms with Crippen LogP contribution in [0, 0.1) is 23.7 Å². The fourth-order valence-electron chi connectivity index (χ4n) is 4.67. The lowest BCUT2D eigenvalue weighted by Crippen LogP contribution is -2.57. The topological polar surface area (TPSA) is 72.9 Å². The van der Waals surface area contributed by atoms with Crippen LogP contribution in [0.25, 0.3) is 0 Å². The van der Waals surface area contributed by atoms with Crippen LogP contribution in [0.3, 0.4) is 0 Å². The maximum Gasteiger partial charge on any atom is 0.313 e. The van der Waals surface area contributed by atoms with Crippen molar-refractivity contribution in [3.63, 3.8) is 0 Å². The van der Waals surface area contributed by atoms with Crippen LogP contribution < -0.4 is 4.74 Å². The van der Waals surface area contributed by atoms with Gasteiger partial charge in [-0.05, 0) is 48.4 Å². The molecule has 25 heavy (non-hydrogen) atoms. The Morgan fingerprint density at radius 3 is 2.48 bits per heavy atom. The summed E-state index contributed by atoms with van der Waals surface area (Å²) >= 11 is 0. The largest absolute Gasteiger partial charge is 0.496 e. The quantitative estimate of drug-likeness (QED) is 0.763. The van der Waals surface area contributed by atoms with Gasteiger partial charge in [0.2, 0.25) is 10.0 Å². The van der Waals surface area contributed by atoms with E-state index in [0.717, 1.165) is 5.56 Å². The van der Waals surface area contributed by atoms with E-state index in [9.17, 15) is 13.2 Å². The lowest BCUT2D eigenvalue weighted by atomic mass is 9.48. The van der Waals surface area contributed by atoms with Crippen molar-refractivity contribution in [3.05, 3.63) is 23.8 Å². The van der Waals surface area contributed by atoms with Gasteiger partial charge in [-0.2, -0.15) is 4.31 Å². The molecule has 1 aliphatic carbocycles. The molecule has 0 radical (unpaired) electrons. The number of fused-ring (bicyclic) bond motifs is 1. The minimum Gasteiger partial charge on any atom is -0.496 e. The Labute approximate surface area is 149 Å². The van der Waals surface area contributed by atoms with E-state index in [2.05, 4.69) is 13.8 Å². The number of ether oxygens (including phenoxy) is 2. The first-order valence-electron chi connectivity index (χ1n) is 8.32. The molecule has 1 saturated carbocycles. The summed E-state index contributed by atoms with van der Waals surface area (Å²) in [7, 11) is -0.755. The molecule has 6 nitrogen and oxygen atoms in total. The molecule has 1 saturated heterocycles. The number of hydrogen-bond donors (Lipinski definition) is 0. The van der Waals surface area contributed by atoms with Gasteiger partial charge in [0.25, 0.3) is 0 Å². The van der Waals surface area contributed by atoms with Crippen molar-refractivity contribution in [1.29, 1.82) is 0 Å². The zero-order chi connectivity index (χ0) is 18.6. The van der Waals surface area contributed by atoms with Gasteiger partial charge in [-0.1, -0.05) is 13.8 Å². The van der Waals surface area contributed by atoms with Crippen LogP contribution >= 0.6 is 0 Å². The van der Waals surface area contributed by atoms with Crippen molar-refractivity contribution < 1.29 is 22.7 Å². The van der Waals surface area contributed by atoms with Gasteiger partial charge in [-0.3, -0.25) is 4.79 Å². The van der Waals surface area contributed by atoms with Crippen molar-refractivity contribution in [2.75, 3.05) is 27.3 Å². The Morgan fingerprint density at radius 2 is 1.96 bits per heavy atom. The van der Waals surface area contributed by atoms with E-state index in [1.165, 1.54) is 11.4 Å². The second kappa shape index (κ2) is 5.71. The van der Waals surface area contributed by atoms with Crippen molar-refractivity contribution in [3.8, 4) is 5.75 Å². The van der Waals surface area contributed by atoms with Gasteiger partial charge in [-0.25, -0.2) is 8.42 Å². The molecule has 3 rings (SSSR count). The molecule has 0 amide bonds. The second-order valence-corrected chi connectivity index (χ2v) is 9.73. The summed E-state index contributed by atoms with van der Waals surface area (Å²) in [5.74, 6) is 0.314. The summed E-state index contributed by atoms with van der Waals surface area (Å²) < 4.78 is 37.8. The maximum absolute atomic E-state index is 13.1. The number of carbonyl (C=O) groups is 1. The normalized spacial score (nSPS) is 28.1. The van der Waals surface area contributed by atoms with Gasteiger partial charge >= 0.3 is 5.97 Å². The molecular formula is C18H25NO5S. The number of methoxy groups -OCH3 is 2. The summed E-state index contributed by atoms with van der Waals surface area (Å²) in [5.41, 5.74) is -0.0324. The number of esters is 1. The van der Waals surface area contributed by atoms with E-state index in [1.807, 2.05) is 6.92 Å². The maximum atomic E-state index is 13.1. The van der Waals surface area contributed by atoms with Gasteiger partial charge < -0.3 is 9.47 Å². The molecule has 0 bridgehead atoms. The minimum absolute atomic E-state index is 0.0263. The molecule has 0 N–H and O–H groups in total. The third-order valence-corrected chi connectivity index (χ3v) is 7.63. The number of rotatable bonds is 4. The summed E-state index contributed by atoms with van der Waals surface area (Å²) in [6.07, 6.45) is 0.644. The van der Waals surface area contributed by atoms with E-state index in [-0.39, 0.29) is 28.7 Å². The smallest absolute Gasteiger partial charge is 0.313 e. The van der Waals surface area contributed by atoms with Crippen molar-refractivity contribution in [1.82, 2.24) is 4.31 Å². The molecule has 2 aliphatic rings. The van der Waals surface area contributed by atoms with Gasteiger partial charge in [-0.15, -0.1) is 0 Å². The van der Waals surface area contributed by atoms with Crippen LogP contribution in [0.15, 0.2) is 23.1 Å². The number of hydrogen-bond acceptors (Lipinski definition) is 5. The lowest BCUT2D eigenvalue weighted by molar-refractivity contribution is -0.174. The van der Waals surface area contributed by atoms with Crippen molar-refractivity contribution in [2.45, 2.75) is 32.1 Å². The molecule has 0 aromatic heterocycles. The lowest BCUT2D eigenvalue weighted by Gasteiger charge is -2.54. The van der Waals surface area contributed by atoms with Crippen LogP contribution in [0.2, 0.25) is 0 Å². The zero-order valence-corrected chi connectivity index (χ0v) is 16.1. The van der Waals surface area contributed by atoms with Crippen molar-refractivity contribution in [2.24, 2.45) is 16.7 Å². The SMILES string of the molecule is COC(=O)[C@@]12CN(S(=O)(=O)c3ccc(OC)c(C)c3)C[C@@H]1C(C)(C)C2. The first-order valence-corrected chi connectivity index (χ1v) is 9.76. The van der Waals surface area contributed by atoms with Crippen molar-refractivity contribution >= 4 is 16.0 Å². The average Bonchev–Trinajstić information content (AvgIpc) is 2.90. The monoisotopic (exact) mass is 367 g/mol. The number of aryl methyl sites for hydroxylation is 1.